The number of benzene rings is 5. The predicted octanol–water partition coefficient (Wildman–Crippen LogP) is 8.42. The van der Waals surface area contributed by atoms with Crippen LogP contribution in [0.2, 0.25) is 0 Å². The van der Waals surface area contributed by atoms with Crippen LogP contribution in [0.25, 0.3) is 49.7 Å². The number of fused-ring (bicyclic) bond motifs is 3. The van der Waals surface area contributed by atoms with Crippen LogP contribution in [-0.2, 0) is 9.31 Å². The van der Waals surface area contributed by atoms with Crippen LogP contribution in [0.5, 0.6) is 0 Å². The van der Waals surface area contributed by atoms with Gasteiger partial charge in [0.2, 0.25) is 0 Å². The van der Waals surface area contributed by atoms with Crippen LogP contribution in [-0.4, -0.2) is 22.9 Å². The molecule has 0 saturated carbocycles. The number of aromatic nitrogens is 1. The van der Waals surface area contributed by atoms with Gasteiger partial charge in [-0.2, -0.15) is 0 Å². The van der Waals surface area contributed by atoms with Crippen LogP contribution >= 0.6 is 0 Å². The van der Waals surface area contributed by atoms with Crippen molar-refractivity contribution < 1.29 is 9.31 Å². The lowest BCUT2D eigenvalue weighted by molar-refractivity contribution is 0.00578. The van der Waals surface area contributed by atoms with Gasteiger partial charge >= 0.3 is 7.12 Å². The molecule has 1 aliphatic rings. The molecule has 0 spiro atoms. The summed E-state index contributed by atoms with van der Waals surface area (Å²) < 4.78 is 15.2. The summed E-state index contributed by atoms with van der Waals surface area (Å²) in [6.45, 7) is 8.39. The molecule has 1 fully saturated rings. The predicted molar refractivity (Wildman–Crippen MR) is 167 cm³/mol. The third-order valence-corrected chi connectivity index (χ3v) is 8.65. The molecule has 5 aromatic carbocycles. The third-order valence-electron chi connectivity index (χ3n) is 8.65. The summed E-state index contributed by atoms with van der Waals surface area (Å²) in [5.41, 5.74) is 8.59. The quantitative estimate of drug-likeness (QED) is 0.218. The maximum absolute atomic E-state index is 6.39. The lowest BCUT2D eigenvalue weighted by Crippen LogP contribution is -2.41. The van der Waals surface area contributed by atoms with Gasteiger partial charge in [0.1, 0.15) is 0 Å². The number of hydrogen-bond acceptors (Lipinski definition) is 2. The molecule has 1 saturated heterocycles. The molecule has 2 heterocycles. The van der Waals surface area contributed by atoms with Crippen molar-refractivity contribution in [2.24, 2.45) is 0 Å². The number of nitrogens with zero attached hydrogens (tertiary/aromatic N) is 1. The van der Waals surface area contributed by atoms with E-state index in [1.807, 2.05) is 0 Å². The minimum absolute atomic E-state index is 0.380. The SMILES string of the molecule is CC1(C)OB(c2ccc3c(c2)c2ccccc2n3-c2ccc(-c3ccccc3)c(-c3ccccc3)c2)OC1(C)C. The highest BCUT2D eigenvalue weighted by atomic mass is 16.7. The standard InChI is InChI=1S/C36H32BNO2/c1-35(2)36(3,4)40-37(39-35)27-19-22-34-32(23-27)30-17-11-12-18-33(30)38(34)28-20-21-29(25-13-7-5-8-14-25)31(24-28)26-15-9-6-10-16-26/h5-24H,1-4H3. The summed E-state index contributed by atoms with van der Waals surface area (Å²) in [4.78, 5) is 0. The molecule has 7 rings (SSSR count). The third kappa shape index (κ3) is 3.99. The molecule has 3 nitrogen and oxygen atoms in total. The Balaban J connectivity index is 1.42. The average Bonchev–Trinajstić information content (AvgIpc) is 3.42. The van der Waals surface area contributed by atoms with Crippen molar-refractivity contribution in [3.63, 3.8) is 0 Å². The number of rotatable bonds is 4. The van der Waals surface area contributed by atoms with Crippen LogP contribution < -0.4 is 5.46 Å². The highest BCUT2D eigenvalue weighted by Crippen LogP contribution is 2.39. The van der Waals surface area contributed by atoms with E-state index in [0.29, 0.717) is 0 Å². The van der Waals surface area contributed by atoms with Crippen molar-refractivity contribution in [3.05, 3.63) is 121 Å². The van der Waals surface area contributed by atoms with Crippen molar-refractivity contribution in [1.29, 1.82) is 0 Å². The Morgan fingerprint density at radius 1 is 0.525 bits per heavy atom. The van der Waals surface area contributed by atoms with E-state index in [9.17, 15) is 0 Å². The van der Waals surface area contributed by atoms with E-state index in [1.165, 1.54) is 38.5 Å². The number of hydrogen-bond donors (Lipinski definition) is 0. The van der Waals surface area contributed by atoms with Crippen molar-refractivity contribution in [1.82, 2.24) is 4.57 Å². The Labute approximate surface area is 236 Å². The van der Waals surface area contributed by atoms with Crippen molar-refractivity contribution in [2.75, 3.05) is 0 Å². The summed E-state index contributed by atoms with van der Waals surface area (Å²) in [6, 6.07) is 43.3. The Morgan fingerprint density at radius 3 is 1.77 bits per heavy atom. The van der Waals surface area contributed by atoms with Gasteiger partial charge in [-0.05, 0) is 79.7 Å². The topological polar surface area (TPSA) is 23.4 Å². The van der Waals surface area contributed by atoms with Gasteiger partial charge in [0.25, 0.3) is 0 Å². The summed E-state index contributed by atoms with van der Waals surface area (Å²) >= 11 is 0. The second-order valence-electron chi connectivity index (χ2n) is 11.7. The molecule has 0 radical (unpaired) electrons. The molecule has 0 atom stereocenters. The molecule has 1 aliphatic heterocycles. The molecule has 0 amide bonds. The van der Waals surface area contributed by atoms with E-state index in [1.54, 1.807) is 0 Å². The van der Waals surface area contributed by atoms with Crippen LogP contribution in [0.1, 0.15) is 27.7 Å². The van der Waals surface area contributed by atoms with E-state index < -0.39 is 7.12 Å². The van der Waals surface area contributed by atoms with Gasteiger partial charge in [-0.3, -0.25) is 0 Å². The fourth-order valence-corrected chi connectivity index (χ4v) is 5.79. The van der Waals surface area contributed by atoms with E-state index in [0.717, 1.165) is 16.7 Å². The molecule has 4 heteroatoms. The maximum Gasteiger partial charge on any atom is 0.494 e. The Bertz CT molecular complexity index is 1840. The van der Waals surface area contributed by atoms with Gasteiger partial charge in [-0.25, -0.2) is 0 Å². The fraction of sp³-hybridized carbons (Fsp3) is 0.167. The van der Waals surface area contributed by atoms with E-state index in [4.69, 9.17) is 9.31 Å². The molecule has 40 heavy (non-hydrogen) atoms. The zero-order valence-electron chi connectivity index (χ0n) is 23.4. The van der Waals surface area contributed by atoms with Gasteiger partial charge in [0.05, 0.1) is 22.2 Å². The Hall–Kier alpha value is -4.12. The van der Waals surface area contributed by atoms with Crippen molar-refractivity contribution in [3.8, 4) is 27.9 Å². The first-order valence-electron chi connectivity index (χ1n) is 14.0. The molecular formula is C36H32BNO2. The first-order valence-corrected chi connectivity index (χ1v) is 14.0. The second-order valence-corrected chi connectivity index (χ2v) is 11.7. The molecule has 6 aromatic rings. The summed E-state index contributed by atoms with van der Waals surface area (Å²) in [6.07, 6.45) is 0. The van der Waals surface area contributed by atoms with Gasteiger partial charge < -0.3 is 13.9 Å². The molecule has 0 aliphatic carbocycles. The Kier molecular flexibility index (Phi) is 5.74. The first kappa shape index (κ1) is 24.9. The average molecular weight is 521 g/mol. The normalized spacial score (nSPS) is 16.1. The fourth-order valence-electron chi connectivity index (χ4n) is 5.79. The minimum atomic E-state index is -0.397. The maximum atomic E-state index is 6.39. The van der Waals surface area contributed by atoms with Crippen LogP contribution in [0.4, 0.5) is 0 Å². The van der Waals surface area contributed by atoms with Crippen LogP contribution in [0.15, 0.2) is 121 Å². The summed E-state index contributed by atoms with van der Waals surface area (Å²) in [7, 11) is -0.397. The van der Waals surface area contributed by atoms with E-state index >= 15 is 0 Å². The molecule has 0 N–H and O–H groups in total. The number of para-hydroxylation sites is 1. The van der Waals surface area contributed by atoms with E-state index in [-0.39, 0.29) is 11.2 Å². The lowest BCUT2D eigenvalue weighted by atomic mass is 9.78. The van der Waals surface area contributed by atoms with Gasteiger partial charge in [0, 0.05) is 16.5 Å². The van der Waals surface area contributed by atoms with Crippen LogP contribution in [0.3, 0.4) is 0 Å². The summed E-state index contributed by atoms with van der Waals surface area (Å²) in [5, 5.41) is 2.40. The largest absolute Gasteiger partial charge is 0.494 e. The summed E-state index contributed by atoms with van der Waals surface area (Å²) in [5.74, 6) is 0. The molecule has 0 bridgehead atoms. The molecule has 0 unspecified atom stereocenters. The lowest BCUT2D eigenvalue weighted by Gasteiger charge is -2.32. The molecule has 1 aromatic heterocycles. The zero-order chi connectivity index (χ0) is 27.5. The van der Waals surface area contributed by atoms with E-state index in [2.05, 4.69) is 154 Å². The molecule has 196 valence electrons. The highest BCUT2D eigenvalue weighted by Gasteiger charge is 2.51. The minimum Gasteiger partial charge on any atom is -0.399 e. The zero-order valence-corrected chi connectivity index (χ0v) is 23.4. The van der Waals surface area contributed by atoms with Gasteiger partial charge in [0.15, 0.2) is 0 Å². The van der Waals surface area contributed by atoms with Crippen LogP contribution in [0, 0.1) is 0 Å². The highest BCUT2D eigenvalue weighted by molar-refractivity contribution is 6.62. The molecular weight excluding hydrogens is 489 g/mol. The second kappa shape index (κ2) is 9.23. The van der Waals surface area contributed by atoms with Gasteiger partial charge in [-0.15, -0.1) is 0 Å². The van der Waals surface area contributed by atoms with Crippen molar-refractivity contribution in [2.45, 2.75) is 38.9 Å². The first-order chi connectivity index (χ1) is 19.3. The monoisotopic (exact) mass is 521 g/mol. The van der Waals surface area contributed by atoms with Gasteiger partial charge in [-0.1, -0.05) is 97.1 Å². The van der Waals surface area contributed by atoms with Crippen molar-refractivity contribution >= 4 is 34.4 Å². The smallest absolute Gasteiger partial charge is 0.399 e. The Morgan fingerprint density at radius 2 is 1.10 bits per heavy atom.